The summed E-state index contributed by atoms with van der Waals surface area (Å²) < 4.78 is 5.36. The monoisotopic (exact) mass is 300 g/mol. The summed E-state index contributed by atoms with van der Waals surface area (Å²) in [5, 5.41) is 1.28. The third-order valence-corrected chi connectivity index (χ3v) is 3.48. The van der Waals surface area contributed by atoms with Gasteiger partial charge in [0.15, 0.2) is 0 Å². The van der Waals surface area contributed by atoms with Crippen LogP contribution in [0.25, 0.3) is 10.9 Å². The standard InChI is InChI=1S/C16H13ClN2O2/c1-10-15(12-4-2-3-5-13(12)19-10)16(20)21-9-11-6-7-14(17)18-8-11/h2-8,19H,9H2,1H3. The number of H-pyrrole nitrogens is 1. The van der Waals surface area contributed by atoms with Crippen LogP contribution < -0.4 is 0 Å². The molecule has 0 spiro atoms. The first-order valence-electron chi connectivity index (χ1n) is 6.50. The van der Waals surface area contributed by atoms with Crippen LogP contribution in [0.3, 0.4) is 0 Å². The number of aromatic nitrogens is 2. The highest BCUT2D eigenvalue weighted by molar-refractivity contribution is 6.29. The number of aromatic amines is 1. The van der Waals surface area contributed by atoms with Crippen LogP contribution in [-0.2, 0) is 11.3 Å². The third-order valence-electron chi connectivity index (χ3n) is 3.26. The zero-order valence-electron chi connectivity index (χ0n) is 11.4. The maximum atomic E-state index is 12.3. The Bertz CT molecular complexity index is 794. The number of hydrogen-bond donors (Lipinski definition) is 1. The molecule has 1 aromatic carbocycles. The molecular formula is C16H13ClN2O2. The molecule has 0 saturated heterocycles. The van der Waals surface area contributed by atoms with E-state index in [4.69, 9.17) is 16.3 Å². The van der Waals surface area contributed by atoms with Gasteiger partial charge in [0.1, 0.15) is 11.8 Å². The normalized spacial score (nSPS) is 10.8. The van der Waals surface area contributed by atoms with Crippen LogP contribution in [0.4, 0.5) is 0 Å². The summed E-state index contributed by atoms with van der Waals surface area (Å²) in [4.78, 5) is 19.4. The molecule has 3 rings (SSSR count). The molecule has 0 fully saturated rings. The van der Waals surface area contributed by atoms with Gasteiger partial charge in [-0.25, -0.2) is 9.78 Å². The van der Waals surface area contributed by atoms with E-state index in [1.165, 1.54) is 0 Å². The van der Waals surface area contributed by atoms with E-state index in [2.05, 4.69) is 9.97 Å². The van der Waals surface area contributed by atoms with Crippen molar-refractivity contribution in [3.63, 3.8) is 0 Å². The van der Waals surface area contributed by atoms with Crippen LogP contribution in [0.5, 0.6) is 0 Å². The molecule has 0 aliphatic heterocycles. The SMILES string of the molecule is Cc1[nH]c2ccccc2c1C(=O)OCc1ccc(Cl)nc1. The van der Waals surface area contributed by atoms with Crippen molar-refractivity contribution in [2.45, 2.75) is 13.5 Å². The summed E-state index contributed by atoms with van der Waals surface area (Å²) in [7, 11) is 0. The Kier molecular flexibility index (Phi) is 3.62. The van der Waals surface area contributed by atoms with Crippen LogP contribution in [-0.4, -0.2) is 15.9 Å². The van der Waals surface area contributed by atoms with Gasteiger partial charge < -0.3 is 9.72 Å². The number of fused-ring (bicyclic) bond motifs is 1. The Morgan fingerprint density at radius 1 is 1.29 bits per heavy atom. The molecule has 0 bridgehead atoms. The number of benzene rings is 1. The van der Waals surface area contributed by atoms with Crippen LogP contribution in [0, 0.1) is 6.92 Å². The minimum Gasteiger partial charge on any atom is -0.457 e. The molecule has 4 nitrogen and oxygen atoms in total. The van der Waals surface area contributed by atoms with Gasteiger partial charge in [0.05, 0.1) is 5.56 Å². The number of nitrogens with one attached hydrogen (secondary N) is 1. The van der Waals surface area contributed by atoms with E-state index in [0.29, 0.717) is 10.7 Å². The zero-order valence-corrected chi connectivity index (χ0v) is 12.1. The van der Waals surface area contributed by atoms with Crippen molar-refractivity contribution in [2.24, 2.45) is 0 Å². The number of carbonyl (C=O) groups is 1. The highest BCUT2D eigenvalue weighted by Crippen LogP contribution is 2.23. The van der Waals surface area contributed by atoms with Gasteiger partial charge in [-0.1, -0.05) is 35.9 Å². The van der Waals surface area contributed by atoms with Crippen molar-refractivity contribution < 1.29 is 9.53 Å². The van der Waals surface area contributed by atoms with Crippen molar-refractivity contribution in [1.29, 1.82) is 0 Å². The van der Waals surface area contributed by atoms with Crippen LogP contribution in [0.1, 0.15) is 21.6 Å². The largest absolute Gasteiger partial charge is 0.457 e. The van der Waals surface area contributed by atoms with Crippen molar-refractivity contribution >= 4 is 28.5 Å². The number of aryl methyl sites for hydroxylation is 1. The molecule has 0 saturated carbocycles. The number of nitrogens with zero attached hydrogens (tertiary/aromatic N) is 1. The minimum absolute atomic E-state index is 0.169. The zero-order chi connectivity index (χ0) is 14.8. The molecule has 2 heterocycles. The number of esters is 1. The lowest BCUT2D eigenvalue weighted by atomic mass is 10.1. The molecule has 0 aliphatic rings. The molecule has 0 amide bonds. The molecule has 21 heavy (non-hydrogen) atoms. The van der Waals surface area contributed by atoms with Crippen LogP contribution in [0.2, 0.25) is 5.15 Å². The van der Waals surface area contributed by atoms with E-state index in [9.17, 15) is 4.79 Å². The summed E-state index contributed by atoms with van der Waals surface area (Å²) in [5.74, 6) is -0.347. The van der Waals surface area contributed by atoms with Crippen molar-refractivity contribution in [3.8, 4) is 0 Å². The Morgan fingerprint density at radius 2 is 2.10 bits per heavy atom. The van der Waals surface area contributed by atoms with Gasteiger partial charge in [-0.2, -0.15) is 0 Å². The average molecular weight is 301 g/mol. The van der Waals surface area contributed by atoms with E-state index >= 15 is 0 Å². The lowest BCUT2D eigenvalue weighted by Crippen LogP contribution is -2.06. The van der Waals surface area contributed by atoms with Gasteiger partial charge in [0, 0.05) is 28.4 Å². The molecule has 106 valence electrons. The lowest BCUT2D eigenvalue weighted by molar-refractivity contribution is 0.0474. The van der Waals surface area contributed by atoms with Gasteiger partial charge >= 0.3 is 5.97 Å². The summed E-state index contributed by atoms with van der Waals surface area (Å²) in [6, 6.07) is 11.1. The Morgan fingerprint density at radius 3 is 2.86 bits per heavy atom. The van der Waals surface area contributed by atoms with Gasteiger partial charge in [0.2, 0.25) is 0 Å². The highest BCUT2D eigenvalue weighted by atomic mass is 35.5. The van der Waals surface area contributed by atoms with Gasteiger partial charge in [-0.05, 0) is 19.1 Å². The van der Waals surface area contributed by atoms with Crippen molar-refractivity contribution in [2.75, 3.05) is 0 Å². The number of pyridine rings is 1. The maximum absolute atomic E-state index is 12.3. The lowest BCUT2D eigenvalue weighted by Gasteiger charge is -2.05. The molecule has 0 atom stereocenters. The predicted octanol–water partition coefficient (Wildman–Crippen LogP) is 3.88. The molecule has 1 N–H and O–H groups in total. The van der Waals surface area contributed by atoms with Gasteiger partial charge in [-0.3, -0.25) is 0 Å². The second-order valence-electron chi connectivity index (χ2n) is 4.74. The summed E-state index contributed by atoms with van der Waals surface area (Å²) in [6.07, 6.45) is 1.59. The Balaban J connectivity index is 1.81. The molecular weight excluding hydrogens is 288 g/mol. The number of para-hydroxylation sites is 1. The van der Waals surface area contributed by atoms with Gasteiger partial charge in [0.25, 0.3) is 0 Å². The Hall–Kier alpha value is -2.33. The molecule has 3 aromatic rings. The van der Waals surface area contributed by atoms with E-state index in [1.54, 1.807) is 18.3 Å². The average Bonchev–Trinajstić information content (AvgIpc) is 2.82. The summed E-state index contributed by atoms with van der Waals surface area (Å²) in [6.45, 7) is 2.03. The fraction of sp³-hybridized carbons (Fsp3) is 0.125. The second kappa shape index (κ2) is 5.58. The summed E-state index contributed by atoms with van der Waals surface area (Å²) in [5.41, 5.74) is 3.10. The third kappa shape index (κ3) is 2.76. The van der Waals surface area contributed by atoms with E-state index in [0.717, 1.165) is 22.2 Å². The summed E-state index contributed by atoms with van der Waals surface area (Å²) >= 11 is 5.72. The van der Waals surface area contributed by atoms with Crippen LogP contribution in [0.15, 0.2) is 42.6 Å². The number of hydrogen-bond acceptors (Lipinski definition) is 3. The first-order chi connectivity index (χ1) is 10.1. The number of ether oxygens (including phenoxy) is 1. The quantitative estimate of drug-likeness (QED) is 0.590. The second-order valence-corrected chi connectivity index (χ2v) is 5.12. The smallest absolute Gasteiger partial charge is 0.340 e. The van der Waals surface area contributed by atoms with E-state index in [1.807, 2.05) is 31.2 Å². The number of carbonyl (C=O) groups excluding carboxylic acids is 1. The first-order valence-corrected chi connectivity index (χ1v) is 6.88. The van der Waals surface area contributed by atoms with Crippen molar-refractivity contribution in [3.05, 3.63) is 64.6 Å². The fourth-order valence-corrected chi connectivity index (χ4v) is 2.36. The van der Waals surface area contributed by atoms with Crippen molar-refractivity contribution in [1.82, 2.24) is 9.97 Å². The number of halogens is 1. The molecule has 5 heteroatoms. The predicted molar refractivity (Wildman–Crippen MR) is 81.4 cm³/mol. The maximum Gasteiger partial charge on any atom is 0.340 e. The van der Waals surface area contributed by atoms with E-state index < -0.39 is 0 Å². The first kappa shape index (κ1) is 13.6. The van der Waals surface area contributed by atoms with E-state index in [-0.39, 0.29) is 12.6 Å². The molecule has 0 radical (unpaired) electrons. The molecule has 0 unspecified atom stereocenters. The van der Waals surface area contributed by atoms with Gasteiger partial charge in [-0.15, -0.1) is 0 Å². The molecule has 0 aliphatic carbocycles. The Labute approximate surface area is 126 Å². The minimum atomic E-state index is -0.347. The highest BCUT2D eigenvalue weighted by Gasteiger charge is 2.17. The number of rotatable bonds is 3. The topological polar surface area (TPSA) is 55.0 Å². The molecule has 2 aromatic heterocycles. The van der Waals surface area contributed by atoms with Crippen LogP contribution >= 0.6 is 11.6 Å². The fourth-order valence-electron chi connectivity index (χ4n) is 2.25.